The van der Waals surface area contributed by atoms with Crippen LogP contribution in [0.2, 0.25) is 0 Å². The van der Waals surface area contributed by atoms with Crippen molar-refractivity contribution in [3.63, 3.8) is 0 Å². The van der Waals surface area contributed by atoms with Crippen molar-refractivity contribution in [1.82, 2.24) is 4.90 Å². The van der Waals surface area contributed by atoms with Crippen molar-refractivity contribution in [2.75, 3.05) is 13.7 Å². The fourth-order valence-electron chi connectivity index (χ4n) is 5.18. The van der Waals surface area contributed by atoms with E-state index in [1.165, 1.54) is 43.4 Å². The first-order valence-electron chi connectivity index (χ1n) is 10.1. The van der Waals surface area contributed by atoms with Crippen molar-refractivity contribution < 1.29 is 9.53 Å². The van der Waals surface area contributed by atoms with Crippen molar-refractivity contribution in [1.29, 1.82) is 0 Å². The Morgan fingerprint density at radius 3 is 2.36 bits per heavy atom. The molecule has 142 valence electrons. The van der Waals surface area contributed by atoms with Gasteiger partial charge >= 0.3 is 0 Å². The van der Waals surface area contributed by atoms with E-state index in [0.717, 1.165) is 19.3 Å². The number of rotatable bonds is 5. The number of amides is 1. The van der Waals surface area contributed by atoms with E-state index in [0.29, 0.717) is 30.3 Å². The molecule has 3 aliphatic rings. The number of hydrogen-bond acceptors (Lipinski definition) is 4. The molecule has 5 nitrogen and oxygen atoms in total. The lowest BCUT2D eigenvalue weighted by molar-refractivity contribution is -0.135. The Balaban J connectivity index is 1.69. The Labute approximate surface area is 152 Å². The van der Waals surface area contributed by atoms with Gasteiger partial charge in [-0.2, -0.15) is 0 Å². The van der Waals surface area contributed by atoms with Crippen LogP contribution in [0.25, 0.3) is 0 Å². The summed E-state index contributed by atoms with van der Waals surface area (Å²) in [6.07, 6.45) is 10.7. The van der Waals surface area contributed by atoms with Crippen molar-refractivity contribution in [3.8, 4) is 0 Å². The van der Waals surface area contributed by atoms with Gasteiger partial charge in [0, 0.05) is 7.05 Å². The van der Waals surface area contributed by atoms with Gasteiger partial charge in [-0.15, -0.1) is 0 Å². The number of ether oxygens (including phenoxy) is 1. The van der Waals surface area contributed by atoms with Crippen molar-refractivity contribution in [2.24, 2.45) is 28.5 Å². The molecule has 0 aromatic rings. The maximum atomic E-state index is 13.0. The second-order valence-corrected chi connectivity index (χ2v) is 8.92. The maximum absolute atomic E-state index is 13.0. The lowest BCUT2D eigenvalue weighted by Gasteiger charge is -2.35. The number of nitrogens with zero attached hydrogens (tertiary/aromatic N) is 2. The van der Waals surface area contributed by atoms with E-state index in [2.05, 4.69) is 18.8 Å². The molecular formula is C20H35N3O2. The molecule has 5 heteroatoms. The average molecular weight is 350 g/mol. The average Bonchev–Trinajstić information content (AvgIpc) is 2.78. The van der Waals surface area contributed by atoms with E-state index in [-0.39, 0.29) is 12.0 Å². The highest BCUT2D eigenvalue weighted by atomic mass is 16.5. The minimum atomic E-state index is -0.787. The minimum Gasteiger partial charge on any atom is -0.375 e. The van der Waals surface area contributed by atoms with E-state index in [4.69, 9.17) is 10.5 Å². The molecule has 0 spiro atoms. The molecule has 0 aromatic heterocycles. The number of aliphatic imine (C=N–C) groups is 1. The fourth-order valence-corrected chi connectivity index (χ4v) is 5.18. The summed E-state index contributed by atoms with van der Waals surface area (Å²) in [5.41, 5.74) is 5.21. The van der Waals surface area contributed by atoms with Crippen molar-refractivity contribution in [3.05, 3.63) is 0 Å². The molecule has 2 aliphatic carbocycles. The monoisotopic (exact) mass is 349 g/mol. The molecule has 3 rings (SSSR count). The summed E-state index contributed by atoms with van der Waals surface area (Å²) >= 11 is 0. The van der Waals surface area contributed by atoms with Gasteiger partial charge in [-0.1, -0.05) is 46.0 Å². The Morgan fingerprint density at radius 1 is 1.16 bits per heavy atom. The van der Waals surface area contributed by atoms with Gasteiger partial charge in [-0.05, 0) is 43.4 Å². The van der Waals surface area contributed by atoms with Crippen molar-refractivity contribution >= 4 is 11.9 Å². The van der Waals surface area contributed by atoms with Crippen molar-refractivity contribution in [2.45, 2.75) is 83.3 Å². The zero-order valence-corrected chi connectivity index (χ0v) is 16.2. The molecular weight excluding hydrogens is 314 g/mol. The molecule has 1 amide bonds. The van der Waals surface area contributed by atoms with Crippen LogP contribution in [0.5, 0.6) is 0 Å². The summed E-state index contributed by atoms with van der Waals surface area (Å²) < 4.78 is 6.31. The molecule has 2 N–H and O–H groups in total. The van der Waals surface area contributed by atoms with E-state index < -0.39 is 5.54 Å². The number of guanidine groups is 1. The molecule has 0 aromatic carbocycles. The van der Waals surface area contributed by atoms with Crippen LogP contribution in [0.1, 0.15) is 71.6 Å². The topological polar surface area (TPSA) is 67.9 Å². The molecule has 1 aliphatic heterocycles. The number of carbonyl (C=O) groups excluding carboxylic acids is 1. The zero-order chi connectivity index (χ0) is 18.0. The lowest BCUT2D eigenvalue weighted by atomic mass is 9.79. The van der Waals surface area contributed by atoms with Gasteiger partial charge in [0.1, 0.15) is 0 Å². The number of carbonyl (C=O) groups is 1. The van der Waals surface area contributed by atoms with Crippen LogP contribution in [0.4, 0.5) is 0 Å². The number of likely N-dealkylation sites (N-methyl/N-ethyl adjacent to an activating group) is 1. The first kappa shape index (κ1) is 18.7. The Kier molecular flexibility index (Phi) is 5.71. The Hall–Kier alpha value is -1.10. The normalized spacial score (nSPS) is 37.4. The van der Waals surface area contributed by atoms with Crippen LogP contribution in [-0.2, 0) is 9.53 Å². The summed E-state index contributed by atoms with van der Waals surface area (Å²) in [5, 5.41) is 0. The highest BCUT2D eigenvalue weighted by molar-refractivity contribution is 6.06. The molecule has 0 saturated heterocycles. The van der Waals surface area contributed by atoms with Gasteiger partial charge in [0.25, 0.3) is 5.91 Å². The highest BCUT2D eigenvalue weighted by Crippen LogP contribution is 2.37. The van der Waals surface area contributed by atoms with Crippen LogP contribution in [0.15, 0.2) is 4.99 Å². The van der Waals surface area contributed by atoms with E-state index in [1.807, 2.05) is 0 Å². The predicted molar refractivity (Wildman–Crippen MR) is 100 cm³/mol. The van der Waals surface area contributed by atoms with Crippen LogP contribution < -0.4 is 5.73 Å². The third-order valence-corrected chi connectivity index (χ3v) is 6.42. The van der Waals surface area contributed by atoms with Gasteiger partial charge < -0.3 is 10.5 Å². The van der Waals surface area contributed by atoms with Gasteiger partial charge in [-0.25, -0.2) is 4.99 Å². The van der Waals surface area contributed by atoms with E-state index in [9.17, 15) is 4.79 Å². The van der Waals surface area contributed by atoms with Gasteiger partial charge in [0.05, 0.1) is 12.7 Å². The van der Waals surface area contributed by atoms with E-state index in [1.54, 1.807) is 7.05 Å². The molecule has 0 radical (unpaired) electrons. The minimum absolute atomic E-state index is 0.0208. The Bertz CT molecular complexity index is 505. The largest absolute Gasteiger partial charge is 0.375 e. The van der Waals surface area contributed by atoms with Gasteiger partial charge in [0.2, 0.25) is 0 Å². The van der Waals surface area contributed by atoms with Crippen LogP contribution >= 0.6 is 0 Å². The number of nitrogens with two attached hydrogens (primary N) is 1. The first-order valence-corrected chi connectivity index (χ1v) is 10.1. The smallest absolute Gasteiger partial charge is 0.259 e. The lowest BCUT2D eigenvalue weighted by Crippen LogP contribution is -2.47. The third kappa shape index (κ3) is 4.18. The standard InChI is InChI=1S/C20H35N3O2/c1-14-9-15(2)11-17(10-14)25-13-20(12-16-7-5-4-6-8-16)18(24)23(3)19(21)22-20/h14-17H,4-13H2,1-3H3,(H2,21,22). The summed E-state index contributed by atoms with van der Waals surface area (Å²) in [6.45, 7) is 4.99. The molecule has 25 heavy (non-hydrogen) atoms. The Morgan fingerprint density at radius 2 is 1.80 bits per heavy atom. The fraction of sp³-hybridized carbons (Fsp3) is 0.900. The first-order chi connectivity index (χ1) is 11.9. The number of hydrogen-bond donors (Lipinski definition) is 1. The van der Waals surface area contributed by atoms with Crippen LogP contribution in [0, 0.1) is 17.8 Å². The predicted octanol–water partition coefficient (Wildman–Crippen LogP) is 3.32. The molecule has 1 heterocycles. The zero-order valence-electron chi connectivity index (χ0n) is 16.2. The SMILES string of the molecule is CC1CC(C)CC(OCC2(CC3CCCCC3)N=C(N)N(C)C2=O)C1. The van der Waals surface area contributed by atoms with Gasteiger partial charge in [-0.3, -0.25) is 9.69 Å². The molecule has 2 fully saturated rings. The van der Waals surface area contributed by atoms with Crippen LogP contribution in [-0.4, -0.2) is 42.1 Å². The quantitative estimate of drug-likeness (QED) is 0.828. The summed E-state index contributed by atoms with van der Waals surface area (Å²) in [7, 11) is 1.73. The molecule has 2 saturated carbocycles. The van der Waals surface area contributed by atoms with Crippen LogP contribution in [0.3, 0.4) is 0 Å². The summed E-state index contributed by atoms with van der Waals surface area (Å²) in [5.74, 6) is 2.31. The molecule has 3 atom stereocenters. The summed E-state index contributed by atoms with van der Waals surface area (Å²) in [6, 6.07) is 0. The third-order valence-electron chi connectivity index (χ3n) is 6.42. The summed E-state index contributed by atoms with van der Waals surface area (Å²) in [4.78, 5) is 19.1. The maximum Gasteiger partial charge on any atom is 0.259 e. The highest BCUT2D eigenvalue weighted by Gasteiger charge is 2.48. The second kappa shape index (κ2) is 7.65. The van der Waals surface area contributed by atoms with E-state index >= 15 is 0 Å². The molecule has 3 unspecified atom stereocenters. The molecule has 0 bridgehead atoms. The second-order valence-electron chi connectivity index (χ2n) is 8.92. The van der Waals surface area contributed by atoms with Gasteiger partial charge in [0.15, 0.2) is 11.5 Å².